The molecule has 4 nitrogen and oxygen atoms in total. The number of rotatable bonds is 7. The van der Waals surface area contributed by atoms with Gasteiger partial charge in [0.25, 0.3) is 0 Å². The second-order valence-electron chi connectivity index (χ2n) is 7.07. The molecule has 0 spiro atoms. The van der Waals surface area contributed by atoms with Gasteiger partial charge < -0.3 is 14.9 Å². The molecule has 0 amide bonds. The molecule has 3 rings (SSSR count). The fraction of sp³-hybridized carbons (Fsp3) is 0.174. The number of carboxylic acids is 1. The van der Waals surface area contributed by atoms with Crippen LogP contribution >= 0.6 is 23.2 Å². The van der Waals surface area contributed by atoms with Crippen molar-refractivity contribution in [2.75, 3.05) is 6.61 Å². The molecule has 2 N–H and O–H groups in total. The summed E-state index contributed by atoms with van der Waals surface area (Å²) in [7, 11) is 0. The van der Waals surface area contributed by atoms with Gasteiger partial charge in [0.2, 0.25) is 0 Å². The van der Waals surface area contributed by atoms with E-state index in [1.165, 1.54) is 36.4 Å². The smallest absolute Gasteiger partial charge is 0.393 e. The third-order valence-corrected chi connectivity index (χ3v) is 5.24. The predicted octanol–water partition coefficient (Wildman–Crippen LogP) is 6.53. The third kappa shape index (κ3) is 6.31. The number of aromatic hydroxyl groups is 1. The predicted molar refractivity (Wildman–Crippen MR) is 116 cm³/mol. The molecule has 0 heterocycles. The average molecular weight is 485 g/mol. The summed E-state index contributed by atoms with van der Waals surface area (Å²) >= 11 is 12.6. The van der Waals surface area contributed by atoms with Crippen LogP contribution in [-0.4, -0.2) is 29.0 Å². The van der Waals surface area contributed by atoms with Crippen LogP contribution < -0.4 is 4.74 Å². The number of benzene rings is 3. The van der Waals surface area contributed by atoms with Gasteiger partial charge >= 0.3 is 12.1 Å². The molecule has 3 aromatic rings. The molecule has 9 heteroatoms. The highest BCUT2D eigenvalue weighted by Gasteiger charge is 2.27. The Labute approximate surface area is 191 Å². The number of phenols is 1. The second kappa shape index (κ2) is 9.71. The number of alkyl halides is 3. The van der Waals surface area contributed by atoms with Crippen LogP contribution in [0.25, 0.3) is 11.1 Å². The summed E-state index contributed by atoms with van der Waals surface area (Å²) in [6.45, 7) is -0.541. The lowest BCUT2D eigenvalue weighted by Gasteiger charge is -2.13. The number of aliphatic carboxylic acids is 1. The Balaban J connectivity index is 1.89. The normalized spacial score (nSPS) is 11.4. The zero-order chi connectivity index (χ0) is 23.5. The maximum absolute atomic E-state index is 12.7. The number of ether oxygens (including phenoxy) is 1. The Morgan fingerprint density at radius 1 is 0.969 bits per heavy atom. The second-order valence-corrected chi connectivity index (χ2v) is 7.88. The maximum Gasteiger partial charge on any atom is 0.393 e. The van der Waals surface area contributed by atoms with Crippen molar-refractivity contribution in [1.82, 2.24) is 0 Å². The number of hydrogen-bond acceptors (Lipinski definition) is 3. The van der Waals surface area contributed by atoms with E-state index in [1.54, 1.807) is 18.2 Å². The van der Waals surface area contributed by atoms with E-state index >= 15 is 0 Å². The minimum absolute atomic E-state index is 0.0764. The first-order chi connectivity index (χ1) is 15.0. The Hall–Kier alpha value is -2.90. The van der Waals surface area contributed by atoms with Gasteiger partial charge in [0.15, 0.2) is 6.61 Å². The van der Waals surface area contributed by atoms with Crippen molar-refractivity contribution in [2.45, 2.75) is 19.0 Å². The minimum Gasteiger partial charge on any atom is -0.507 e. The van der Waals surface area contributed by atoms with E-state index in [2.05, 4.69) is 0 Å². The van der Waals surface area contributed by atoms with Crippen LogP contribution in [0.15, 0.2) is 54.6 Å². The largest absolute Gasteiger partial charge is 0.507 e. The van der Waals surface area contributed by atoms with Gasteiger partial charge in [-0.2, -0.15) is 13.2 Å². The highest BCUT2D eigenvalue weighted by molar-refractivity contribution is 6.36. The monoisotopic (exact) mass is 484 g/mol. The molecular formula is C23H17Cl2F3O4. The Bertz CT molecular complexity index is 1120. The van der Waals surface area contributed by atoms with Crippen molar-refractivity contribution in [3.63, 3.8) is 0 Å². The van der Waals surface area contributed by atoms with Gasteiger partial charge in [-0.1, -0.05) is 53.5 Å². The lowest BCUT2D eigenvalue weighted by molar-refractivity contribution is -0.139. The van der Waals surface area contributed by atoms with Crippen molar-refractivity contribution in [3.8, 4) is 22.6 Å². The number of carboxylic acid groups (broad SMARTS) is 1. The van der Waals surface area contributed by atoms with E-state index in [4.69, 9.17) is 33.0 Å². The molecule has 168 valence electrons. The van der Waals surface area contributed by atoms with E-state index < -0.39 is 25.2 Å². The lowest BCUT2D eigenvalue weighted by atomic mass is 9.96. The maximum atomic E-state index is 12.7. The fourth-order valence-corrected chi connectivity index (χ4v) is 3.79. The molecule has 0 aromatic heterocycles. The molecule has 0 radical (unpaired) electrons. The van der Waals surface area contributed by atoms with Crippen LogP contribution in [0.5, 0.6) is 11.5 Å². The molecule has 0 aliphatic rings. The zero-order valence-electron chi connectivity index (χ0n) is 16.4. The van der Waals surface area contributed by atoms with Gasteiger partial charge in [0, 0.05) is 22.0 Å². The van der Waals surface area contributed by atoms with Crippen LogP contribution in [0.1, 0.15) is 16.7 Å². The molecule has 0 atom stereocenters. The topological polar surface area (TPSA) is 66.8 Å². The quantitative estimate of drug-likeness (QED) is 0.400. The molecule has 0 unspecified atom stereocenters. The van der Waals surface area contributed by atoms with Crippen LogP contribution in [0.2, 0.25) is 10.0 Å². The summed E-state index contributed by atoms with van der Waals surface area (Å²) in [6.07, 6.45) is -5.13. The molecule has 0 bridgehead atoms. The molecule has 0 aliphatic heterocycles. The Kier molecular flexibility index (Phi) is 7.21. The molecule has 0 saturated heterocycles. The van der Waals surface area contributed by atoms with E-state index in [0.717, 1.165) is 0 Å². The van der Waals surface area contributed by atoms with Crippen molar-refractivity contribution < 1.29 is 32.9 Å². The van der Waals surface area contributed by atoms with Crippen LogP contribution in [0.3, 0.4) is 0 Å². The summed E-state index contributed by atoms with van der Waals surface area (Å²) in [6, 6.07) is 13.6. The summed E-state index contributed by atoms with van der Waals surface area (Å²) < 4.78 is 43.3. The first kappa shape index (κ1) is 23.8. The van der Waals surface area contributed by atoms with Gasteiger partial charge in [-0.05, 0) is 46.5 Å². The molecule has 0 saturated carbocycles. The summed E-state index contributed by atoms with van der Waals surface area (Å²) in [5.74, 6) is -1.01. The third-order valence-electron chi connectivity index (χ3n) is 4.56. The van der Waals surface area contributed by atoms with E-state index in [-0.39, 0.29) is 33.5 Å². The lowest BCUT2D eigenvalue weighted by Crippen LogP contribution is -2.11. The van der Waals surface area contributed by atoms with Crippen LogP contribution in [0, 0.1) is 0 Å². The van der Waals surface area contributed by atoms with Gasteiger partial charge in [-0.3, -0.25) is 0 Å². The molecule has 0 fully saturated rings. The van der Waals surface area contributed by atoms with Gasteiger partial charge in [-0.25, -0.2) is 4.79 Å². The molecular weight excluding hydrogens is 468 g/mol. The van der Waals surface area contributed by atoms with Crippen LogP contribution in [-0.2, 0) is 17.6 Å². The summed E-state index contributed by atoms with van der Waals surface area (Å²) in [4.78, 5) is 10.6. The number of hydrogen-bond donors (Lipinski definition) is 2. The number of halogens is 5. The SMILES string of the molecule is O=C(O)COc1cc(Cl)c(Cc2ccc(O)c(-c3cccc(CC(F)(F)F)c3)c2)c(Cl)c1. The Morgan fingerprint density at radius 3 is 2.28 bits per heavy atom. The first-order valence-corrected chi connectivity index (χ1v) is 10.1. The first-order valence-electron chi connectivity index (χ1n) is 9.32. The van der Waals surface area contributed by atoms with Crippen molar-refractivity contribution >= 4 is 29.2 Å². The zero-order valence-corrected chi connectivity index (χ0v) is 17.9. The fourth-order valence-electron chi connectivity index (χ4n) is 3.19. The summed E-state index contributed by atoms with van der Waals surface area (Å²) in [5.41, 5.74) is 2.17. The van der Waals surface area contributed by atoms with E-state index in [1.807, 2.05) is 0 Å². The van der Waals surface area contributed by atoms with E-state index in [9.17, 15) is 23.1 Å². The highest BCUT2D eigenvalue weighted by atomic mass is 35.5. The molecule has 3 aromatic carbocycles. The average Bonchev–Trinajstić information content (AvgIpc) is 2.69. The summed E-state index contributed by atoms with van der Waals surface area (Å²) in [5, 5.41) is 19.5. The van der Waals surface area contributed by atoms with Gasteiger partial charge in [0.1, 0.15) is 11.5 Å². The molecule has 0 aliphatic carbocycles. The Morgan fingerprint density at radius 2 is 1.66 bits per heavy atom. The van der Waals surface area contributed by atoms with Crippen molar-refractivity contribution in [1.29, 1.82) is 0 Å². The van der Waals surface area contributed by atoms with Gasteiger partial charge in [0.05, 0.1) is 6.42 Å². The van der Waals surface area contributed by atoms with Crippen molar-refractivity contribution in [3.05, 3.63) is 81.3 Å². The van der Waals surface area contributed by atoms with E-state index in [0.29, 0.717) is 22.3 Å². The highest BCUT2D eigenvalue weighted by Crippen LogP contribution is 2.35. The number of phenolic OH excluding ortho intramolecular Hbond substituents is 1. The molecule has 32 heavy (non-hydrogen) atoms. The van der Waals surface area contributed by atoms with Gasteiger partial charge in [-0.15, -0.1) is 0 Å². The van der Waals surface area contributed by atoms with Crippen LogP contribution in [0.4, 0.5) is 13.2 Å². The standard InChI is InChI=1S/C23H17Cl2F3O4/c24-19-9-16(32-12-22(30)31)10-20(25)18(19)8-13-4-5-21(29)17(7-13)15-3-1-2-14(6-15)11-23(26,27)28/h1-7,9-10,29H,8,11-12H2,(H,30,31). The number of carbonyl (C=O) groups is 1. The van der Waals surface area contributed by atoms with Crippen molar-refractivity contribution in [2.24, 2.45) is 0 Å². The minimum atomic E-state index is -4.34.